The van der Waals surface area contributed by atoms with Crippen LogP contribution in [0.2, 0.25) is 0 Å². The number of alkyl halides is 3. The number of nitrogens with zero attached hydrogens (tertiary/aromatic N) is 3. The van der Waals surface area contributed by atoms with Gasteiger partial charge in [0.1, 0.15) is 29.0 Å². The maximum Gasteiger partial charge on any atom is 0.573 e. The summed E-state index contributed by atoms with van der Waals surface area (Å²) in [6.45, 7) is 0. The van der Waals surface area contributed by atoms with Gasteiger partial charge in [-0.2, -0.15) is 10.2 Å². The summed E-state index contributed by atoms with van der Waals surface area (Å²) in [6.07, 6.45) is -4.99. The average Bonchev–Trinajstić information content (AvgIpc) is 2.35. The molecule has 0 radical (unpaired) electrons. The predicted molar refractivity (Wildman–Crippen MR) is 67.6 cm³/mol. The lowest BCUT2D eigenvalue weighted by molar-refractivity contribution is -0.274. The normalized spacial score (nSPS) is 11.0. The second kappa shape index (κ2) is 5.36. The molecule has 114 valence electrons. The van der Waals surface area contributed by atoms with Crippen LogP contribution in [0.3, 0.4) is 0 Å². The lowest BCUT2D eigenvalue weighted by Gasteiger charge is -2.11. The van der Waals surface area contributed by atoms with Crippen molar-refractivity contribution in [3.8, 4) is 23.1 Å². The monoisotopic (exact) mass is 313 g/mol. The molecule has 2 aromatic rings. The van der Waals surface area contributed by atoms with E-state index < -0.39 is 17.9 Å². The molecule has 0 bridgehead atoms. The minimum Gasteiger partial charge on any atom is -0.406 e. The first-order chi connectivity index (χ1) is 10.2. The summed E-state index contributed by atoms with van der Waals surface area (Å²) in [4.78, 5) is 7.27. The fourth-order valence-electron chi connectivity index (χ4n) is 1.71. The lowest BCUT2D eigenvalue weighted by Crippen LogP contribution is -2.17. The molecule has 0 fully saturated rings. The van der Waals surface area contributed by atoms with Crippen LogP contribution < -0.4 is 16.2 Å². The van der Waals surface area contributed by atoms with Gasteiger partial charge >= 0.3 is 6.36 Å². The Labute approximate surface area is 121 Å². The van der Waals surface area contributed by atoms with E-state index in [2.05, 4.69) is 14.7 Å². The number of rotatable bonds is 2. The van der Waals surface area contributed by atoms with E-state index in [1.807, 2.05) is 0 Å². The Bertz CT molecular complexity index is 769. The largest absolute Gasteiger partial charge is 0.573 e. The Morgan fingerprint density at radius 1 is 1.14 bits per heavy atom. The zero-order valence-electron chi connectivity index (χ0n) is 10.6. The quantitative estimate of drug-likeness (QED) is 0.822. The SMILES string of the molecule is N#Cc1c(N)nc(N)nc1-c1cc(F)cc(OC(F)(F)F)c1. The highest BCUT2D eigenvalue weighted by Gasteiger charge is 2.31. The standard InChI is InChI=1S/C12H7F4N5O/c13-6-1-5(2-7(3-6)22-12(14,15)16)9-8(4-17)10(18)21-11(19)20-9/h1-3H,(H4,18,19,20,21). The third-order valence-corrected chi connectivity index (χ3v) is 2.44. The first kappa shape index (κ1) is 15.3. The first-order valence-electron chi connectivity index (χ1n) is 5.59. The zero-order chi connectivity index (χ0) is 16.5. The van der Waals surface area contributed by atoms with Gasteiger partial charge in [0.25, 0.3) is 0 Å². The van der Waals surface area contributed by atoms with Gasteiger partial charge < -0.3 is 16.2 Å². The Morgan fingerprint density at radius 2 is 1.82 bits per heavy atom. The third-order valence-electron chi connectivity index (χ3n) is 2.44. The van der Waals surface area contributed by atoms with Crippen LogP contribution in [0.1, 0.15) is 5.56 Å². The number of hydrogen-bond donors (Lipinski definition) is 2. The van der Waals surface area contributed by atoms with Crippen molar-refractivity contribution in [1.29, 1.82) is 5.26 Å². The van der Waals surface area contributed by atoms with Gasteiger partial charge in [0.15, 0.2) is 0 Å². The third kappa shape index (κ3) is 3.32. The van der Waals surface area contributed by atoms with Crippen molar-refractivity contribution < 1.29 is 22.3 Å². The Kier molecular flexibility index (Phi) is 3.73. The summed E-state index contributed by atoms with van der Waals surface area (Å²) in [5.74, 6) is -2.40. The van der Waals surface area contributed by atoms with Gasteiger partial charge in [0, 0.05) is 11.6 Å². The van der Waals surface area contributed by atoms with Gasteiger partial charge in [-0.25, -0.2) is 9.37 Å². The van der Waals surface area contributed by atoms with Gasteiger partial charge in [0.05, 0.1) is 5.69 Å². The first-order valence-corrected chi connectivity index (χ1v) is 5.59. The van der Waals surface area contributed by atoms with Crippen molar-refractivity contribution in [2.45, 2.75) is 6.36 Å². The molecule has 0 unspecified atom stereocenters. The number of nitrogens with two attached hydrogens (primary N) is 2. The van der Waals surface area contributed by atoms with Crippen LogP contribution in [0.4, 0.5) is 29.3 Å². The maximum atomic E-state index is 13.5. The molecule has 0 atom stereocenters. The molecule has 0 saturated heterocycles. The van der Waals surface area contributed by atoms with Crippen LogP contribution in [0.25, 0.3) is 11.3 Å². The second-order valence-corrected chi connectivity index (χ2v) is 4.03. The number of benzene rings is 1. The highest BCUT2D eigenvalue weighted by atomic mass is 19.4. The number of nitrogen functional groups attached to an aromatic ring is 2. The Balaban J connectivity index is 2.61. The van der Waals surface area contributed by atoms with Crippen molar-refractivity contribution in [2.24, 2.45) is 0 Å². The zero-order valence-corrected chi connectivity index (χ0v) is 10.6. The molecule has 22 heavy (non-hydrogen) atoms. The molecule has 1 aromatic carbocycles. The van der Waals surface area contributed by atoms with Gasteiger partial charge in [0.2, 0.25) is 5.95 Å². The average molecular weight is 313 g/mol. The summed E-state index contributed by atoms with van der Waals surface area (Å²) >= 11 is 0. The lowest BCUT2D eigenvalue weighted by atomic mass is 10.1. The highest BCUT2D eigenvalue weighted by molar-refractivity contribution is 5.73. The molecule has 0 aliphatic heterocycles. The van der Waals surface area contributed by atoms with E-state index in [4.69, 9.17) is 16.7 Å². The molecule has 0 saturated carbocycles. The molecule has 0 aliphatic carbocycles. The fraction of sp³-hybridized carbons (Fsp3) is 0.0833. The topological polar surface area (TPSA) is 111 Å². The fourth-order valence-corrected chi connectivity index (χ4v) is 1.71. The van der Waals surface area contributed by atoms with E-state index in [1.165, 1.54) is 0 Å². The van der Waals surface area contributed by atoms with Crippen LogP contribution in [-0.2, 0) is 0 Å². The molecule has 6 nitrogen and oxygen atoms in total. The molecule has 4 N–H and O–H groups in total. The minimum atomic E-state index is -4.99. The Hall–Kier alpha value is -3.09. The molecule has 0 aliphatic rings. The van der Waals surface area contributed by atoms with Crippen LogP contribution in [-0.4, -0.2) is 16.3 Å². The molecule has 10 heteroatoms. The summed E-state index contributed by atoms with van der Waals surface area (Å²) in [7, 11) is 0. The van der Waals surface area contributed by atoms with Crippen LogP contribution in [0.5, 0.6) is 5.75 Å². The number of anilines is 2. The molecule has 1 heterocycles. The van der Waals surface area contributed by atoms with Crippen molar-refractivity contribution in [1.82, 2.24) is 9.97 Å². The summed E-state index contributed by atoms with van der Waals surface area (Å²) in [5.41, 5.74) is 10.3. The molecule has 1 aromatic heterocycles. The minimum absolute atomic E-state index is 0.156. The van der Waals surface area contributed by atoms with E-state index in [1.54, 1.807) is 6.07 Å². The molecule has 0 amide bonds. The van der Waals surface area contributed by atoms with Crippen molar-refractivity contribution in [3.63, 3.8) is 0 Å². The van der Waals surface area contributed by atoms with Crippen molar-refractivity contribution in [3.05, 3.63) is 29.6 Å². The van der Waals surface area contributed by atoms with E-state index in [0.29, 0.717) is 6.07 Å². The smallest absolute Gasteiger partial charge is 0.406 e. The van der Waals surface area contributed by atoms with Gasteiger partial charge in [-0.1, -0.05) is 0 Å². The van der Waals surface area contributed by atoms with E-state index in [9.17, 15) is 17.6 Å². The van der Waals surface area contributed by atoms with Crippen molar-refractivity contribution in [2.75, 3.05) is 11.5 Å². The van der Waals surface area contributed by atoms with E-state index in [-0.39, 0.29) is 28.6 Å². The maximum absolute atomic E-state index is 13.5. The number of ether oxygens (including phenoxy) is 1. The highest BCUT2D eigenvalue weighted by Crippen LogP contribution is 2.31. The molecular formula is C12H7F4N5O. The number of nitriles is 1. The predicted octanol–water partition coefficient (Wildman–Crippen LogP) is 2.22. The number of hydrogen-bond acceptors (Lipinski definition) is 6. The molecule has 2 rings (SSSR count). The van der Waals surface area contributed by atoms with Gasteiger partial charge in [-0.05, 0) is 12.1 Å². The van der Waals surface area contributed by atoms with E-state index in [0.717, 1.165) is 12.1 Å². The Morgan fingerprint density at radius 3 is 2.41 bits per heavy atom. The summed E-state index contributed by atoms with van der Waals surface area (Å²) in [6, 6.07) is 3.95. The number of halogens is 4. The van der Waals surface area contributed by atoms with Gasteiger partial charge in [-0.3, -0.25) is 0 Å². The van der Waals surface area contributed by atoms with E-state index >= 15 is 0 Å². The molecular weight excluding hydrogens is 306 g/mol. The van der Waals surface area contributed by atoms with Crippen LogP contribution >= 0.6 is 0 Å². The van der Waals surface area contributed by atoms with Crippen LogP contribution in [0.15, 0.2) is 18.2 Å². The number of aromatic nitrogens is 2. The summed E-state index contributed by atoms with van der Waals surface area (Å²) in [5, 5.41) is 9.02. The molecule has 0 spiro atoms. The van der Waals surface area contributed by atoms with Crippen molar-refractivity contribution >= 4 is 11.8 Å². The van der Waals surface area contributed by atoms with Crippen LogP contribution in [0, 0.1) is 17.1 Å². The van der Waals surface area contributed by atoms with Gasteiger partial charge in [-0.15, -0.1) is 13.2 Å². The summed E-state index contributed by atoms with van der Waals surface area (Å²) < 4.78 is 53.8. The second-order valence-electron chi connectivity index (χ2n) is 4.03.